The summed E-state index contributed by atoms with van der Waals surface area (Å²) < 4.78 is 0.678. The van der Waals surface area contributed by atoms with Crippen molar-refractivity contribution in [2.24, 2.45) is 0 Å². The zero-order valence-corrected chi connectivity index (χ0v) is 10.4. The summed E-state index contributed by atoms with van der Waals surface area (Å²) in [6.07, 6.45) is 1.34. The second-order valence-corrected chi connectivity index (χ2v) is 4.22. The molecule has 0 aliphatic heterocycles. The van der Waals surface area contributed by atoms with Gasteiger partial charge in [0.1, 0.15) is 0 Å². The predicted octanol–water partition coefficient (Wildman–Crippen LogP) is 3.51. The summed E-state index contributed by atoms with van der Waals surface area (Å²) in [7, 11) is 0. The molecule has 0 N–H and O–H groups in total. The summed E-state index contributed by atoms with van der Waals surface area (Å²) in [4.78, 5) is 10.0. The highest BCUT2D eigenvalue weighted by Crippen LogP contribution is 2.16. The van der Waals surface area contributed by atoms with Gasteiger partial charge in [0, 0.05) is 34.9 Å². The molecule has 2 aromatic rings. The molecule has 19 heavy (non-hydrogen) atoms. The van der Waals surface area contributed by atoms with E-state index in [1.54, 1.807) is 24.3 Å². The van der Waals surface area contributed by atoms with E-state index in [-0.39, 0.29) is 5.69 Å². The van der Waals surface area contributed by atoms with Crippen LogP contribution in [0, 0.1) is 15.3 Å². The second kappa shape index (κ2) is 5.49. The van der Waals surface area contributed by atoms with Crippen LogP contribution < -0.4 is 0 Å². The van der Waals surface area contributed by atoms with Crippen LogP contribution >= 0.6 is 11.6 Å². The Morgan fingerprint density at radius 2 is 1.42 bits per heavy atom. The summed E-state index contributed by atoms with van der Waals surface area (Å²) in [5, 5.41) is 22.9. The minimum Gasteiger partial charge on any atom is -0.618 e. The highest BCUT2D eigenvalue weighted by molar-refractivity contribution is 6.30. The molecule has 2 rings (SSSR count). The van der Waals surface area contributed by atoms with Gasteiger partial charge in [0.15, 0.2) is 6.21 Å². The zero-order valence-electron chi connectivity index (χ0n) is 9.69. The molecule has 0 atom stereocenters. The summed E-state index contributed by atoms with van der Waals surface area (Å²) in [5.41, 5.74) is 0.999. The van der Waals surface area contributed by atoms with Crippen molar-refractivity contribution < 1.29 is 9.66 Å². The molecule has 0 fully saturated rings. The molecule has 0 saturated heterocycles. The monoisotopic (exact) mass is 276 g/mol. The number of hydrogen-bond acceptors (Lipinski definition) is 3. The van der Waals surface area contributed by atoms with Crippen molar-refractivity contribution in [2.45, 2.75) is 0 Å². The van der Waals surface area contributed by atoms with E-state index in [1.165, 1.54) is 30.5 Å². The third kappa shape index (κ3) is 3.29. The van der Waals surface area contributed by atoms with Crippen LogP contribution in [0.4, 0.5) is 11.4 Å². The van der Waals surface area contributed by atoms with E-state index in [4.69, 9.17) is 11.6 Å². The number of hydrogen-bond donors (Lipinski definition) is 0. The third-order valence-electron chi connectivity index (χ3n) is 2.45. The highest BCUT2D eigenvalue weighted by atomic mass is 35.5. The lowest BCUT2D eigenvalue weighted by atomic mass is 10.2. The average molecular weight is 277 g/mol. The molecule has 0 aromatic heterocycles. The van der Waals surface area contributed by atoms with Crippen LogP contribution in [0.3, 0.4) is 0 Å². The van der Waals surface area contributed by atoms with E-state index in [1.807, 2.05) is 0 Å². The number of nitro benzene ring substituents is 1. The molecular weight excluding hydrogens is 268 g/mol. The lowest BCUT2D eigenvalue weighted by molar-refractivity contribution is -0.384. The maximum Gasteiger partial charge on any atom is 0.269 e. The molecule has 96 valence electrons. The fourth-order valence-corrected chi connectivity index (χ4v) is 1.61. The van der Waals surface area contributed by atoms with Crippen molar-refractivity contribution in [3.05, 3.63) is 74.4 Å². The number of rotatable bonds is 3. The van der Waals surface area contributed by atoms with E-state index < -0.39 is 4.92 Å². The highest BCUT2D eigenvalue weighted by Gasteiger charge is 2.05. The lowest BCUT2D eigenvalue weighted by Crippen LogP contribution is -1.98. The lowest BCUT2D eigenvalue weighted by Gasteiger charge is -2.02. The van der Waals surface area contributed by atoms with Gasteiger partial charge in [-0.15, -0.1) is 0 Å². The smallest absolute Gasteiger partial charge is 0.269 e. The van der Waals surface area contributed by atoms with Crippen LogP contribution in [0.5, 0.6) is 0 Å². The number of non-ortho nitro benzene ring substituents is 1. The first-order valence-corrected chi connectivity index (χ1v) is 5.75. The van der Waals surface area contributed by atoms with Crippen molar-refractivity contribution in [3.63, 3.8) is 0 Å². The molecule has 0 bridgehead atoms. The van der Waals surface area contributed by atoms with Gasteiger partial charge in [-0.05, 0) is 24.3 Å². The predicted molar refractivity (Wildman–Crippen MR) is 73.0 cm³/mol. The van der Waals surface area contributed by atoms with Gasteiger partial charge in [-0.1, -0.05) is 11.6 Å². The molecule has 0 saturated carbocycles. The van der Waals surface area contributed by atoms with Crippen LogP contribution in [0.2, 0.25) is 5.02 Å². The Hall–Kier alpha value is -2.40. The van der Waals surface area contributed by atoms with Crippen molar-refractivity contribution >= 4 is 29.2 Å². The van der Waals surface area contributed by atoms with Crippen LogP contribution in [-0.2, 0) is 0 Å². The van der Waals surface area contributed by atoms with E-state index in [9.17, 15) is 15.3 Å². The van der Waals surface area contributed by atoms with E-state index in [0.29, 0.717) is 21.0 Å². The van der Waals surface area contributed by atoms with E-state index in [2.05, 4.69) is 0 Å². The Balaban J connectivity index is 2.25. The Kier molecular flexibility index (Phi) is 3.77. The average Bonchev–Trinajstić information content (AvgIpc) is 2.40. The fourth-order valence-electron chi connectivity index (χ4n) is 1.48. The Morgan fingerprint density at radius 3 is 1.95 bits per heavy atom. The maximum absolute atomic E-state index is 11.8. The Labute approximate surface area is 114 Å². The molecule has 0 amide bonds. The quantitative estimate of drug-likeness (QED) is 0.283. The molecule has 6 heteroatoms. The topological polar surface area (TPSA) is 69.2 Å². The second-order valence-electron chi connectivity index (χ2n) is 3.78. The molecule has 2 aromatic carbocycles. The van der Waals surface area contributed by atoms with Gasteiger partial charge < -0.3 is 5.21 Å². The fraction of sp³-hybridized carbons (Fsp3) is 0. The number of nitrogens with zero attached hydrogens (tertiary/aromatic N) is 2. The van der Waals surface area contributed by atoms with Gasteiger partial charge in [-0.2, -0.15) is 4.74 Å². The summed E-state index contributed by atoms with van der Waals surface area (Å²) in [6, 6.07) is 12.1. The van der Waals surface area contributed by atoms with Crippen molar-refractivity contribution in [3.8, 4) is 0 Å². The van der Waals surface area contributed by atoms with Gasteiger partial charge in [-0.3, -0.25) is 10.1 Å². The summed E-state index contributed by atoms with van der Waals surface area (Å²) in [5.74, 6) is 0. The molecule has 0 spiro atoms. The van der Waals surface area contributed by atoms with Crippen molar-refractivity contribution in [1.82, 2.24) is 0 Å². The largest absolute Gasteiger partial charge is 0.618 e. The minimum atomic E-state index is -0.488. The minimum absolute atomic E-state index is 0.0129. The van der Waals surface area contributed by atoms with Crippen LogP contribution in [0.1, 0.15) is 5.56 Å². The van der Waals surface area contributed by atoms with E-state index in [0.717, 1.165) is 0 Å². The number of halogens is 1. The van der Waals surface area contributed by atoms with Gasteiger partial charge >= 0.3 is 0 Å². The molecular formula is C13H9ClN2O3. The first-order valence-electron chi connectivity index (χ1n) is 5.37. The van der Waals surface area contributed by atoms with Crippen LogP contribution in [0.15, 0.2) is 48.5 Å². The first-order chi connectivity index (χ1) is 9.06. The molecule has 5 nitrogen and oxygen atoms in total. The molecule has 0 unspecified atom stereocenters. The van der Waals surface area contributed by atoms with Gasteiger partial charge in [0.05, 0.1) is 4.92 Å². The standard InChI is InChI=1S/C13H9ClN2O3/c14-11-3-7-12(8-4-11)15(17)9-10-1-5-13(6-2-10)16(18)19/h1-9H/b15-9+. The first kappa shape index (κ1) is 13.0. The number of benzene rings is 2. The summed E-state index contributed by atoms with van der Waals surface area (Å²) >= 11 is 5.73. The van der Waals surface area contributed by atoms with Gasteiger partial charge in [0.2, 0.25) is 5.69 Å². The van der Waals surface area contributed by atoms with Crippen LogP contribution in [-0.4, -0.2) is 15.9 Å². The van der Waals surface area contributed by atoms with Crippen molar-refractivity contribution in [1.29, 1.82) is 0 Å². The van der Waals surface area contributed by atoms with Gasteiger partial charge in [0.25, 0.3) is 5.69 Å². The third-order valence-corrected chi connectivity index (χ3v) is 2.70. The zero-order chi connectivity index (χ0) is 13.8. The van der Waals surface area contributed by atoms with Gasteiger partial charge in [-0.25, -0.2) is 0 Å². The van der Waals surface area contributed by atoms with Crippen molar-refractivity contribution in [2.75, 3.05) is 0 Å². The molecule has 0 aliphatic rings. The molecule has 0 aliphatic carbocycles. The Bertz CT molecular complexity index is 621. The normalized spacial score (nSPS) is 11.3. The molecule has 0 radical (unpaired) electrons. The summed E-state index contributed by atoms with van der Waals surface area (Å²) in [6.45, 7) is 0. The maximum atomic E-state index is 11.8. The molecule has 0 heterocycles. The number of nitro groups is 1. The van der Waals surface area contributed by atoms with E-state index >= 15 is 0 Å². The van der Waals surface area contributed by atoms with Crippen LogP contribution in [0.25, 0.3) is 0 Å². The Morgan fingerprint density at radius 1 is 0.895 bits per heavy atom. The SMILES string of the molecule is O=[N+]([O-])c1ccc(/C=[N+](/[O-])c2ccc(Cl)cc2)cc1.